The number of fused-ring (bicyclic) bond motifs is 1. The Balaban J connectivity index is 1.30. The summed E-state index contributed by atoms with van der Waals surface area (Å²) in [5.41, 5.74) is 1.29. The van der Waals surface area contributed by atoms with Crippen LogP contribution in [0.2, 0.25) is 0 Å². The molecule has 0 unspecified atom stereocenters. The van der Waals surface area contributed by atoms with Crippen molar-refractivity contribution in [2.75, 3.05) is 17.2 Å². The smallest absolute Gasteiger partial charge is 0.319 e. The number of benzene rings is 3. The summed E-state index contributed by atoms with van der Waals surface area (Å²) < 4.78 is 6.50. The van der Waals surface area contributed by atoms with E-state index in [2.05, 4.69) is 31.9 Å². The van der Waals surface area contributed by atoms with E-state index in [1.54, 1.807) is 24.3 Å². The molecule has 0 aromatic heterocycles. The van der Waals surface area contributed by atoms with Gasteiger partial charge < -0.3 is 20.7 Å². The largest absolute Gasteiger partial charge is 0.483 e. The Hall–Kier alpha value is -3.06. The summed E-state index contributed by atoms with van der Waals surface area (Å²) in [6, 6.07) is 18.8. The van der Waals surface area contributed by atoms with Gasteiger partial charge in [0.25, 0.3) is 5.91 Å². The minimum absolute atomic E-state index is 0.110. The highest BCUT2D eigenvalue weighted by Crippen LogP contribution is 2.33. The zero-order valence-corrected chi connectivity index (χ0v) is 17.2. The number of ether oxygens (including phenoxy) is 1. The number of rotatable bonds is 6. The lowest BCUT2D eigenvalue weighted by atomic mass is 10.1. The SMILES string of the molecule is O=C(COc1ccc2ccccc2c1Br)Nc1ccc(NC(=O)NC2CC2)cc1. The first-order valence-electron chi connectivity index (χ1n) is 9.36. The number of halogens is 1. The quantitative estimate of drug-likeness (QED) is 0.496. The maximum absolute atomic E-state index is 12.2. The second kappa shape index (κ2) is 8.53. The molecule has 7 heteroatoms. The summed E-state index contributed by atoms with van der Waals surface area (Å²) in [4.78, 5) is 24.0. The first kappa shape index (κ1) is 19.3. The molecular formula is C22H20BrN3O3. The highest BCUT2D eigenvalue weighted by atomic mass is 79.9. The number of carbonyl (C=O) groups excluding carboxylic acids is 2. The summed E-state index contributed by atoms with van der Waals surface area (Å²) in [6.45, 7) is -0.110. The van der Waals surface area contributed by atoms with Gasteiger partial charge in [-0.15, -0.1) is 0 Å². The molecule has 0 aliphatic heterocycles. The van der Waals surface area contributed by atoms with E-state index < -0.39 is 0 Å². The third-order valence-corrected chi connectivity index (χ3v) is 5.34. The van der Waals surface area contributed by atoms with Gasteiger partial charge in [0.15, 0.2) is 6.61 Å². The molecule has 1 aliphatic rings. The summed E-state index contributed by atoms with van der Waals surface area (Å²) in [5.74, 6) is 0.345. The van der Waals surface area contributed by atoms with Crippen LogP contribution in [0.3, 0.4) is 0 Å². The molecule has 1 aliphatic carbocycles. The summed E-state index contributed by atoms with van der Waals surface area (Å²) >= 11 is 3.55. The standard InChI is InChI=1S/C22H20BrN3O3/c23-21-18-4-2-1-3-14(18)5-12-19(21)29-13-20(27)24-15-6-8-16(9-7-15)25-22(28)26-17-10-11-17/h1-9,12,17H,10-11,13H2,(H,24,27)(H2,25,26,28). The van der Waals surface area contributed by atoms with Gasteiger partial charge >= 0.3 is 6.03 Å². The molecule has 3 aromatic rings. The molecular weight excluding hydrogens is 434 g/mol. The molecule has 0 saturated heterocycles. The molecule has 0 radical (unpaired) electrons. The zero-order chi connectivity index (χ0) is 20.2. The van der Waals surface area contributed by atoms with Gasteiger partial charge in [0, 0.05) is 17.4 Å². The summed E-state index contributed by atoms with van der Waals surface area (Å²) in [5, 5.41) is 10.5. The predicted octanol–water partition coefficient (Wildman–Crippen LogP) is 4.90. The van der Waals surface area contributed by atoms with Gasteiger partial charge in [-0.1, -0.05) is 30.3 Å². The van der Waals surface area contributed by atoms with E-state index in [0.717, 1.165) is 28.1 Å². The first-order valence-corrected chi connectivity index (χ1v) is 10.2. The Labute approximate surface area is 176 Å². The normalized spacial score (nSPS) is 13.0. The maximum atomic E-state index is 12.2. The van der Waals surface area contributed by atoms with Crippen molar-refractivity contribution < 1.29 is 14.3 Å². The van der Waals surface area contributed by atoms with Crippen LogP contribution in [0.1, 0.15) is 12.8 Å². The van der Waals surface area contributed by atoms with Crippen LogP contribution in [0.4, 0.5) is 16.2 Å². The van der Waals surface area contributed by atoms with Gasteiger partial charge in [-0.05, 0) is 69.9 Å². The summed E-state index contributed by atoms with van der Waals surface area (Å²) in [7, 11) is 0. The number of urea groups is 1. The zero-order valence-electron chi connectivity index (χ0n) is 15.6. The fourth-order valence-corrected chi connectivity index (χ4v) is 3.49. The topological polar surface area (TPSA) is 79.5 Å². The van der Waals surface area contributed by atoms with E-state index in [1.165, 1.54) is 0 Å². The molecule has 1 saturated carbocycles. The number of anilines is 2. The number of hydrogen-bond donors (Lipinski definition) is 3. The Morgan fingerprint density at radius 3 is 2.34 bits per heavy atom. The van der Waals surface area contributed by atoms with E-state index in [-0.39, 0.29) is 18.5 Å². The first-order chi connectivity index (χ1) is 14.1. The second-order valence-electron chi connectivity index (χ2n) is 6.89. The molecule has 0 atom stereocenters. The van der Waals surface area contributed by atoms with Gasteiger partial charge in [0.05, 0.1) is 4.47 Å². The molecule has 3 amide bonds. The molecule has 3 N–H and O–H groups in total. The van der Waals surface area contributed by atoms with Crippen molar-refractivity contribution in [3.8, 4) is 5.75 Å². The van der Waals surface area contributed by atoms with Crippen LogP contribution in [0.5, 0.6) is 5.75 Å². The third-order valence-electron chi connectivity index (χ3n) is 4.53. The van der Waals surface area contributed by atoms with Gasteiger partial charge in [0.2, 0.25) is 0 Å². The van der Waals surface area contributed by atoms with Crippen molar-refractivity contribution in [3.05, 3.63) is 65.1 Å². The minimum Gasteiger partial charge on any atom is -0.483 e. The Bertz CT molecular complexity index is 1050. The van der Waals surface area contributed by atoms with Crippen LogP contribution in [0.15, 0.2) is 65.1 Å². The van der Waals surface area contributed by atoms with Crippen molar-refractivity contribution in [3.63, 3.8) is 0 Å². The van der Waals surface area contributed by atoms with Crippen molar-refractivity contribution in [2.45, 2.75) is 18.9 Å². The number of hydrogen-bond acceptors (Lipinski definition) is 3. The Kier molecular flexibility index (Phi) is 5.67. The molecule has 0 heterocycles. The van der Waals surface area contributed by atoms with Gasteiger partial charge in [-0.25, -0.2) is 4.79 Å². The lowest BCUT2D eigenvalue weighted by Gasteiger charge is -2.11. The Morgan fingerprint density at radius 1 is 0.931 bits per heavy atom. The van der Waals surface area contributed by atoms with E-state index in [9.17, 15) is 9.59 Å². The molecule has 3 aromatic carbocycles. The van der Waals surface area contributed by atoms with Crippen LogP contribution < -0.4 is 20.7 Å². The molecule has 6 nitrogen and oxygen atoms in total. The maximum Gasteiger partial charge on any atom is 0.319 e. The lowest BCUT2D eigenvalue weighted by Crippen LogP contribution is -2.30. The second-order valence-corrected chi connectivity index (χ2v) is 7.68. The fourth-order valence-electron chi connectivity index (χ4n) is 2.88. The van der Waals surface area contributed by atoms with Crippen LogP contribution >= 0.6 is 15.9 Å². The fraction of sp³-hybridized carbons (Fsp3) is 0.182. The average molecular weight is 454 g/mol. The van der Waals surface area contributed by atoms with Gasteiger partial charge in [-0.2, -0.15) is 0 Å². The van der Waals surface area contributed by atoms with Gasteiger partial charge in [0.1, 0.15) is 5.75 Å². The van der Waals surface area contributed by atoms with Crippen LogP contribution in [-0.2, 0) is 4.79 Å². The molecule has 148 valence electrons. The van der Waals surface area contributed by atoms with Crippen LogP contribution in [0, 0.1) is 0 Å². The monoisotopic (exact) mass is 453 g/mol. The van der Waals surface area contributed by atoms with E-state index in [4.69, 9.17) is 4.74 Å². The highest BCUT2D eigenvalue weighted by Gasteiger charge is 2.23. The summed E-state index contributed by atoms with van der Waals surface area (Å²) in [6.07, 6.45) is 2.08. The molecule has 29 heavy (non-hydrogen) atoms. The molecule has 1 fully saturated rings. The van der Waals surface area contributed by atoms with Crippen LogP contribution in [0.25, 0.3) is 10.8 Å². The predicted molar refractivity (Wildman–Crippen MR) is 117 cm³/mol. The van der Waals surface area contributed by atoms with E-state index in [1.807, 2.05) is 36.4 Å². The minimum atomic E-state index is -0.266. The highest BCUT2D eigenvalue weighted by molar-refractivity contribution is 9.10. The number of amides is 3. The van der Waals surface area contributed by atoms with Crippen molar-refractivity contribution >= 4 is 50.0 Å². The Morgan fingerprint density at radius 2 is 1.62 bits per heavy atom. The van der Waals surface area contributed by atoms with E-state index in [0.29, 0.717) is 23.2 Å². The van der Waals surface area contributed by atoms with Gasteiger partial charge in [-0.3, -0.25) is 4.79 Å². The van der Waals surface area contributed by atoms with Crippen LogP contribution in [-0.4, -0.2) is 24.6 Å². The number of carbonyl (C=O) groups is 2. The molecule has 4 rings (SSSR count). The third kappa shape index (κ3) is 5.06. The van der Waals surface area contributed by atoms with Crippen molar-refractivity contribution in [2.24, 2.45) is 0 Å². The lowest BCUT2D eigenvalue weighted by molar-refractivity contribution is -0.118. The molecule has 0 spiro atoms. The number of nitrogens with one attached hydrogen (secondary N) is 3. The van der Waals surface area contributed by atoms with Crippen molar-refractivity contribution in [1.82, 2.24) is 5.32 Å². The molecule has 0 bridgehead atoms. The van der Waals surface area contributed by atoms with E-state index >= 15 is 0 Å². The average Bonchev–Trinajstić information content (AvgIpc) is 3.53. The van der Waals surface area contributed by atoms with Crippen molar-refractivity contribution in [1.29, 1.82) is 0 Å².